The van der Waals surface area contributed by atoms with Crippen molar-refractivity contribution in [3.63, 3.8) is 0 Å². The Balaban J connectivity index is 1.22. The summed E-state index contributed by atoms with van der Waals surface area (Å²) in [4.78, 5) is 24.1. The molecule has 242 valence electrons. The van der Waals surface area contributed by atoms with Crippen molar-refractivity contribution in [2.75, 3.05) is 23.7 Å². The maximum atomic E-state index is 13.0. The fourth-order valence-electron chi connectivity index (χ4n) is 5.59. The summed E-state index contributed by atoms with van der Waals surface area (Å²) in [6.45, 7) is 9.85. The molecule has 1 saturated heterocycles. The molecule has 3 aromatic carbocycles. The lowest BCUT2D eigenvalue weighted by Gasteiger charge is -2.32. The topological polar surface area (TPSA) is 84.6 Å². The van der Waals surface area contributed by atoms with Crippen LogP contribution < -0.4 is 15.0 Å². The van der Waals surface area contributed by atoms with Crippen molar-refractivity contribution >= 4 is 28.6 Å². The van der Waals surface area contributed by atoms with Gasteiger partial charge in [-0.3, -0.25) is 0 Å². The fraction of sp³-hybridized carbons (Fsp3) is 0.353. The van der Waals surface area contributed by atoms with E-state index in [1.54, 1.807) is 11.8 Å². The summed E-state index contributed by atoms with van der Waals surface area (Å²) in [6.07, 6.45) is -1.41. The summed E-state index contributed by atoms with van der Waals surface area (Å²) in [5.74, 6) is 1.53. The van der Waals surface area contributed by atoms with Crippen molar-refractivity contribution in [1.29, 1.82) is 0 Å². The van der Waals surface area contributed by atoms with Crippen molar-refractivity contribution in [2.24, 2.45) is 4.99 Å². The Labute approximate surface area is 271 Å². The number of anilines is 1. The van der Waals surface area contributed by atoms with Gasteiger partial charge in [0.1, 0.15) is 12.1 Å². The van der Waals surface area contributed by atoms with Crippen molar-refractivity contribution in [3.05, 3.63) is 89.7 Å². The van der Waals surface area contributed by atoms with Gasteiger partial charge >= 0.3 is 12.4 Å². The average molecular weight is 651 g/mol. The van der Waals surface area contributed by atoms with Gasteiger partial charge in [0.25, 0.3) is 0 Å². The monoisotopic (exact) mass is 650 g/mol. The van der Waals surface area contributed by atoms with Gasteiger partial charge in [-0.1, -0.05) is 68.9 Å². The number of nitrogens with zero attached hydrogens (tertiary/aromatic N) is 5. The first-order valence-corrected chi connectivity index (χ1v) is 16.3. The van der Waals surface area contributed by atoms with Gasteiger partial charge in [-0.15, -0.1) is 18.3 Å². The minimum atomic E-state index is -4.75. The number of carbonyl (C=O) groups is 1. The Bertz CT molecular complexity index is 1670. The number of carbonyl (C=O) groups excluding carboxylic acids is 1. The number of hydrogen-bond donors (Lipinski definition) is 1. The van der Waals surface area contributed by atoms with Crippen LogP contribution in [0.5, 0.6) is 5.75 Å². The molecule has 0 radical (unpaired) electrons. The molecule has 8 nitrogen and oxygen atoms in total. The summed E-state index contributed by atoms with van der Waals surface area (Å²) in [5.41, 5.74) is 6.03. The first-order chi connectivity index (χ1) is 22.0. The van der Waals surface area contributed by atoms with Crippen LogP contribution in [0.25, 0.3) is 17.1 Å². The molecule has 1 unspecified atom stereocenters. The standard InChI is InChI=1S/C34H37F3N6O2S/c1-5-24(20-38-32(44)40-33-42(18-7-19-46-33)29-9-6-8-23(4)30(29)22(2)3)25-10-12-26(13-11-25)31-39-21-43(41-31)27-14-16-28(17-15-27)45-34(35,36)37/h6,8-17,21-22,24H,5,7,18-20H2,1-4H3,(H,38,44)/b40-33-. The smallest absolute Gasteiger partial charge is 0.406 e. The molecule has 1 aliphatic heterocycles. The lowest BCUT2D eigenvalue weighted by molar-refractivity contribution is -0.274. The van der Waals surface area contributed by atoms with Gasteiger partial charge in [0.05, 0.1) is 5.69 Å². The van der Waals surface area contributed by atoms with Crippen molar-refractivity contribution < 1.29 is 22.7 Å². The van der Waals surface area contributed by atoms with Gasteiger partial charge in [0.15, 0.2) is 11.0 Å². The predicted molar refractivity (Wildman–Crippen MR) is 177 cm³/mol. The van der Waals surface area contributed by atoms with Gasteiger partial charge in [-0.2, -0.15) is 4.99 Å². The molecule has 0 saturated carbocycles. The molecule has 1 aliphatic rings. The van der Waals surface area contributed by atoms with Crippen LogP contribution >= 0.6 is 11.8 Å². The molecule has 1 N–H and O–H groups in total. The lowest BCUT2D eigenvalue weighted by Crippen LogP contribution is -2.37. The number of halogens is 3. The number of aliphatic imine (C=N–C) groups is 1. The molecular weight excluding hydrogens is 613 g/mol. The van der Waals surface area contributed by atoms with Crippen LogP contribution in [0.15, 0.2) is 78.0 Å². The van der Waals surface area contributed by atoms with E-state index in [1.807, 2.05) is 24.3 Å². The number of rotatable bonds is 9. The van der Waals surface area contributed by atoms with Crippen LogP contribution in [0, 0.1) is 6.92 Å². The largest absolute Gasteiger partial charge is 0.573 e. The molecule has 1 aromatic heterocycles. The van der Waals surface area contributed by atoms with Crippen molar-refractivity contribution in [1.82, 2.24) is 20.1 Å². The quantitative estimate of drug-likeness (QED) is 0.196. The number of thioether (sulfide) groups is 1. The summed E-state index contributed by atoms with van der Waals surface area (Å²) in [5, 5.41) is 8.22. The van der Waals surface area contributed by atoms with E-state index >= 15 is 0 Å². The van der Waals surface area contributed by atoms with Crippen LogP contribution in [-0.2, 0) is 0 Å². The van der Waals surface area contributed by atoms with Crippen molar-refractivity contribution in [2.45, 2.75) is 58.7 Å². The molecule has 1 atom stereocenters. The zero-order valence-electron chi connectivity index (χ0n) is 26.2. The molecule has 1 fully saturated rings. The Morgan fingerprint density at radius 2 is 1.83 bits per heavy atom. The van der Waals surface area contributed by atoms with E-state index in [9.17, 15) is 18.0 Å². The fourth-order valence-corrected chi connectivity index (χ4v) is 6.54. The summed E-state index contributed by atoms with van der Waals surface area (Å²) in [7, 11) is 0. The number of nitrogens with one attached hydrogen (secondary N) is 1. The minimum absolute atomic E-state index is 0.0839. The molecule has 2 amide bonds. The van der Waals surface area contributed by atoms with Gasteiger partial charge in [-0.05, 0) is 72.7 Å². The van der Waals surface area contributed by atoms with E-state index in [1.165, 1.54) is 46.4 Å². The van der Waals surface area contributed by atoms with Gasteiger partial charge in [0, 0.05) is 36.0 Å². The highest BCUT2D eigenvalue weighted by molar-refractivity contribution is 8.14. The second-order valence-corrected chi connectivity index (χ2v) is 12.4. The summed E-state index contributed by atoms with van der Waals surface area (Å²) < 4.78 is 42.8. The Hall–Kier alpha value is -4.32. The van der Waals surface area contributed by atoms with E-state index in [-0.39, 0.29) is 17.7 Å². The summed E-state index contributed by atoms with van der Waals surface area (Å²) >= 11 is 1.61. The predicted octanol–water partition coefficient (Wildman–Crippen LogP) is 8.47. The number of alkyl halides is 3. The van der Waals surface area contributed by atoms with E-state index < -0.39 is 6.36 Å². The normalized spacial score (nSPS) is 15.3. The minimum Gasteiger partial charge on any atom is -0.406 e. The van der Waals surface area contributed by atoms with Crippen LogP contribution in [0.2, 0.25) is 0 Å². The molecule has 46 heavy (non-hydrogen) atoms. The number of hydrogen-bond acceptors (Lipinski definition) is 5. The molecule has 5 rings (SSSR count). The zero-order chi connectivity index (χ0) is 32.8. The first kappa shape index (κ1) is 33.1. The van der Waals surface area contributed by atoms with Crippen LogP contribution in [0.1, 0.15) is 62.1 Å². The number of amides is 2. The third-order valence-electron chi connectivity index (χ3n) is 7.81. The Kier molecular flexibility index (Phi) is 10.4. The molecular formula is C34H37F3N6O2S. The molecule has 0 spiro atoms. The van der Waals surface area contributed by atoms with Crippen molar-refractivity contribution in [3.8, 4) is 22.8 Å². The van der Waals surface area contributed by atoms with Crippen LogP contribution in [-0.4, -0.2) is 51.2 Å². The SMILES string of the molecule is CCC(CNC(=O)/N=C1\SCCCN1c1cccc(C)c1C(C)C)c1ccc(-c2ncn(-c3ccc(OC(F)(F)F)cc3)n2)cc1. The van der Waals surface area contributed by atoms with E-state index in [0.29, 0.717) is 24.0 Å². The van der Waals surface area contributed by atoms with Crippen LogP contribution in [0.3, 0.4) is 0 Å². The number of aryl methyl sites for hydroxylation is 1. The lowest BCUT2D eigenvalue weighted by atomic mass is 9.95. The Morgan fingerprint density at radius 3 is 2.50 bits per heavy atom. The maximum Gasteiger partial charge on any atom is 0.573 e. The zero-order valence-corrected chi connectivity index (χ0v) is 27.0. The molecule has 12 heteroatoms. The number of amidine groups is 1. The highest BCUT2D eigenvalue weighted by Gasteiger charge is 2.31. The third kappa shape index (κ3) is 8.09. The second kappa shape index (κ2) is 14.4. The average Bonchev–Trinajstić information content (AvgIpc) is 3.52. The molecule has 2 heterocycles. The summed E-state index contributed by atoms with van der Waals surface area (Å²) in [6, 6.07) is 19.2. The molecule has 0 aliphatic carbocycles. The second-order valence-electron chi connectivity index (χ2n) is 11.4. The van der Waals surface area contributed by atoms with Gasteiger partial charge < -0.3 is 15.0 Å². The number of ether oxygens (including phenoxy) is 1. The highest BCUT2D eigenvalue weighted by atomic mass is 32.2. The number of benzene rings is 3. The van der Waals surface area contributed by atoms with Gasteiger partial charge in [0.2, 0.25) is 0 Å². The maximum absolute atomic E-state index is 13.0. The van der Waals surface area contributed by atoms with E-state index in [0.717, 1.165) is 47.1 Å². The van der Waals surface area contributed by atoms with Crippen LogP contribution in [0.4, 0.5) is 23.7 Å². The number of urea groups is 1. The highest BCUT2D eigenvalue weighted by Crippen LogP contribution is 2.34. The van der Waals surface area contributed by atoms with E-state index in [4.69, 9.17) is 0 Å². The molecule has 4 aromatic rings. The third-order valence-corrected chi connectivity index (χ3v) is 8.88. The van der Waals surface area contributed by atoms with Gasteiger partial charge in [-0.25, -0.2) is 14.5 Å². The van der Waals surface area contributed by atoms with E-state index in [2.05, 4.69) is 75.9 Å². The first-order valence-electron chi connectivity index (χ1n) is 15.3. The number of aromatic nitrogens is 3. The molecule has 0 bridgehead atoms. The Morgan fingerprint density at radius 1 is 1.09 bits per heavy atom.